The predicted molar refractivity (Wildman–Crippen MR) is 89.1 cm³/mol. The molecule has 2 aromatic carbocycles. The molecule has 0 aliphatic carbocycles. The van der Waals surface area contributed by atoms with Crippen LogP contribution in [0.3, 0.4) is 0 Å². The third-order valence-corrected chi connectivity index (χ3v) is 4.31. The Morgan fingerprint density at radius 1 is 0.864 bits per heavy atom. The Balaban J connectivity index is 2.58. The van der Waals surface area contributed by atoms with Crippen LogP contribution in [0.1, 0.15) is 47.1 Å². The number of ether oxygens (including phenoxy) is 1. The van der Waals surface area contributed by atoms with Gasteiger partial charge in [-0.2, -0.15) is 0 Å². The molecule has 2 N–H and O–H groups in total. The standard InChI is InChI=1S/C19H24O3/c1-6-14(15-9-17(20)13(4)7-11(15)2)16-10-18(21)19(22-5)8-12(16)3/h7-10,14,20-21H,6H2,1-5H3. The Morgan fingerprint density at radius 3 is 1.95 bits per heavy atom. The van der Waals surface area contributed by atoms with E-state index in [0.717, 1.165) is 34.2 Å². The van der Waals surface area contributed by atoms with Gasteiger partial charge in [-0.25, -0.2) is 0 Å². The summed E-state index contributed by atoms with van der Waals surface area (Å²) in [5, 5.41) is 20.2. The molecule has 0 spiro atoms. The van der Waals surface area contributed by atoms with Gasteiger partial charge >= 0.3 is 0 Å². The molecule has 2 rings (SSSR count). The molecular weight excluding hydrogens is 276 g/mol. The van der Waals surface area contributed by atoms with Gasteiger partial charge in [-0.3, -0.25) is 0 Å². The van der Waals surface area contributed by atoms with E-state index >= 15 is 0 Å². The van der Waals surface area contributed by atoms with Crippen molar-refractivity contribution in [2.45, 2.75) is 40.0 Å². The van der Waals surface area contributed by atoms with Crippen molar-refractivity contribution in [3.05, 3.63) is 52.1 Å². The lowest BCUT2D eigenvalue weighted by Gasteiger charge is -2.22. The van der Waals surface area contributed by atoms with Gasteiger partial charge < -0.3 is 14.9 Å². The monoisotopic (exact) mass is 300 g/mol. The van der Waals surface area contributed by atoms with Gasteiger partial charge in [0.15, 0.2) is 11.5 Å². The zero-order chi connectivity index (χ0) is 16.4. The van der Waals surface area contributed by atoms with Crippen LogP contribution in [0.2, 0.25) is 0 Å². The van der Waals surface area contributed by atoms with Gasteiger partial charge in [-0.05, 0) is 73.2 Å². The predicted octanol–water partition coefficient (Wildman–Crippen LogP) is 4.57. The molecule has 2 aromatic rings. The highest BCUT2D eigenvalue weighted by Crippen LogP contribution is 2.39. The van der Waals surface area contributed by atoms with Crippen molar-refractivity contribution in [3.63, 3.8) is 0 Å². The molecule has 0 bridgehead atoms. The lowest BCUT2D eigenvalue weighted by Crippen LogP contribution is -2.05. The van der Waals surface area contributed by atoms with E-state index in [0.29, 0.717) is 11.5 Å². The van der Waals surface area contributed by atoms with E-state index < -0.39 is 0 Å². The van der Waals surface area contributed by atoms with Crippen molar-refractivity contribution in [2.24, 2.45) is 0 Å². The second-order valence-corrected chi connectivity index (χ2v) is 5.84. The lowest BCUT2D eigenvalue weighted by molar-refractivity contribution is 0.372. The van der Waals surface area contributed by atoms with Crippen LogP contribution < -0.4 is 4.74 Å². The number of methoxy groups -OCH3 is 1. The Morgan fingerprint density at radius 2 is 1.41 bits per heavy atom. The molecule has 22 heavy (non-hydrogen) atoms. The molecule has 0 aliphatic rings. The Bertz CT molecular complexity index is 690. The zero-order valence-corrected chi connectivity index (χ0v) is 13.9. The van der Waals surface area contributed by atoms with E-state index in [1.165, 1.54) is 0 Å². The lowest BCUT2D eigenvalue weighted by atomic mass is 9.83. The maximum absolute atomic E-state index is 10.1. The molecule has 1 atom stereocenters. The summed E-state index contributed by atoms with van der Waals surface area (Å²) >= 11 is 0. The number of phenolic OH excluding ortho intramolecular Hbond substituents is 2. The fourth-order valence-corrected chi connectivity index (χ4v) is 3.06. The average molecular weight is 300 g/mol. The molecule has 0 heterocycles. The van der Waals surface area contributed by atoms with Gasteiger partial charge in [0.05, 0.1) is 7.11 Å². The fourth-order valence-electron chi connectivity index (χ4n) is 3.06. The van der Waals surface area contributed by atoms with E-state index in [2.05, 4.69) is 13.8 Å². The normalized spacial score (nSPS) is 12.2. The first-order chi connectivity index (χ1) is 10.4. The van der Waals surface area contributed by atoms with Crippen LogP contribution in [0.4, 0.5) is 0 Å². The molecule has 0 amide bonds. The third-order valence-electron chi connectivity index (χ3n) is 4.31. The summed E-state index contributed by atoms with van der Waals surface area (Å²) in [6, 6.07) is 7.49. The van der Waals surface area contributed by atoms with Crippen molar-refractivity contribution in [2.75, 3.05) is 7.11 Å². The first kappa shape index (κ1) is 16.2. The number of hydrogen-bond acceptors (Lipinski definition) is 3. The quantitative estimate of drug-likeness (QED) is 0.869. The number of aromatic hydroxyl groups is 2. The number of hydrogen-bond donors (Lipinski definition) is 2. The third kappa shape index (κ3) is 2.89. The van der Waals surface area contributed by atoms with Crippen LogP contribution in [0, 0.1) is 20.8 Å². The second-order valence-electron chi connectivity index (χ2n) is 5.84. The zero-order valence-electron chi connectivity index (χ0n) is 13.9. The average Bonchev–Trinajstić information content (AvgIpc) is 2.48. The molecular formula is C19H24O3. The highest BCUT2D eigenvalue weighted by Gasteiger charge is 2.20. The number of rotatable bonds is 4. The smallest absolute Gasteiger partial charge is 0.160 e. The molecule has 0 saturated heterocycles. The van der Waals surface area contributed by atoms with Gasteiger partial charge in [0.2, 0.25) is 0 Å². The Hall–Kier alpha value is -2.16. The summed E-state index contributed by atoms with van der Waals surface area (Å²) in [7, 11) is 1.55. The summed E-state index contributed by atoms with van der Waals surface area (Å²) < 4.78 is 5.17. The van der Waals surface area contributed by atoms with Gasteiger partial charge in [-0.15, -0.1) is 0 Å². The molecule has 3 heteroatoms. The molecule has 0 saturated carbocycles. The Kier molecular flexibility index (Phi) is 4.65. The van der Waals surface area contributed by atoms with Crippen molar-refractivity contribution in [1.82, 2.24) is 0 Å². The van der Waals surface area contributed by atoms with E-state index in [1.807, 2.05) is 32.0 Å². The molecule has 0 aromatic heterocycles. The summed E-state index contributed by atoms with van der Waals surface area (Å²) in [6.07, 6.45) is 0.885. The van der Waals surface area contributed by atoms with Crippen molar-refractivity contribution in [3.8, 4) is 17.2 Å². The van der Waals surface area contributed by atoms with E-state index in [1.54, 1.807) is 13.2 Å². The first-order valence-electron chi connectivity index (χ1n) is 7.56. The first-order valence-corrected chi connectivity index (χ1v) is 7.56. The maximum Gasteiger partial charge on any atom is 0.160 e. The minimum Gasteiger partial charge on any atom is -0.508 e. The minimum absolute atomic E-state index is 0.128. The van der Waals surface area contributed by atoms with E-state index in [-0.39, 0.29) is 11.7 Å². The van der Waals surface area contributed by atoms with E-state index in [4.69, 9.17) is 4.74 Å². The van der Waals surface area contributed by atoms with E-state index in [9.17, 15) is 10.2 Å². The van der Waals surface area contributed by atoms with Crippen LogP contribution in [0.15, 0.2) is 24.3 Å². The van der Waals surface area contributed by atoms with Crippen LogP contribution >= 0.6 is 0 Å². The second kappa shape index (κ2) is 6.30. The minimum atomic E-state index is 0.128. The molecule has 3 nitrogen and oxygen atoms in total. The molecule has 0 radical (unpaired) electrons. The summed E-state index contributed by atoms with van der Waals surface area (Å²) in [5.74, 6) is 1.08. The van der Waals surface area contributed by atoms with Gasteiger partial charge in [0, 0.05) is 5.92 Å². The number of phenols is 2. The SMILES string of the molecule is CCC(c1cc(O)c(C)cc1C)c1cc(O)c(OC)cc1C. The molecule has 1 unspecified atom stereocenters. The van der Waals surface area contributed by atoms with Gasteiger partial charge in [0.25, 0.3) is 0 Å². The van der Waals surface area contributed by atoms with Gasteiger partial charge in [0.1, 0.15) is 5.75 Å². The van der Waals surface area contributed by atoms with Gasteiger partial charge in [-0.1, -0.05) is 13.0 Å². The van der Waals surface area contributed by atoms with Crippen molar-refractivity contribution in [1.29, 1.82) is 0 Å². The van der Waals surface area contributed by atoms with Crippen LogP contribution in [-0.4, -0.2) is 17.3 Å². The molecule has 0 aliphatic heterocycles. The molecule has 0 fully saturated rings. The summed E-state index contributed by atoms with van der Waals surface area (Å²) in [4.78, 5) is 0. The highest BCUT2D eigenvalue weighted by molar-refractivity contribution is 5.52. The topological polar surface area (TPSA) is 49.7 Å². The Labute approximate surface area is 132 Å². The van der Waals surface area contributed by atoms with Crippen molar-refractivity contribution >= 4 is 0 Å². The summed E-state index contributed by atoms with van der Waals surface area (Å²) in [6.45, 7) is 8.09. The molecule has 118 valence electrons. The fraction of sp³-hybridized carbons (Fsp3) is 0.368. The maximum atomic E-state index is 10.1. The number of benzene rings is 2. The van der Waals surface area contributed by atoms with Crippen LogP contribution in [0.5, 0.6) is 17.2 Å². The largest absolute Gasteiger partial charge is 0.508 e. The van der Waals surface area contributed by atoms with Crippen molar-refractivity contribution < 1.29 is 14.9 Å². The number of aryl methyl sites for hydroxylation is 3. The van der Waals surface area contributed by atoms with Crippen LogP contribution in [-0.2, 0) is 0 Å². The summed E-state index contributed by atoms with van der Waals surface area (Å²) in [5.41, 5.74) is 5.26. The van der Waals surface area contributed by atoms with Crippen LogP contribution in [0.25, 0.3) is 0 Å². The highest BCUT2D eigenvalue weighted by atomic mass is 16.5.